The Kier molecular flexibility index (Phi) is 6.88. The summed E-state index contributed by atoms with van der Waals surface area (Å²) in [4.78, 5) is 33.7. The van der Waals surface area contributed by atoms with Gasteiger partial charge in [0.15, 0.2) is 6.17 Å². The summed E-state index contributed by atoms with van der Waals surface area (Å²) in [6.07, 6.45) is 7.11. The van der Waals surface area contributed by atoms with Crippen molar-refractivity contribution in [1.82, 2.24) is 30.3 Å². The van der Waals surface area contributed by atoms with Gasteiger partial charge in [0.2, 0.25) is 5.95 Å². The molecule has 202 valence electrons. The summed E-state index contributed by atoms with van der Waals surface area (Å²) >= 11 is 6.39. The number of carbonyl (C=O) groups excluding carboxylic acids is 1. The van der Waals surface area contributed by atoms with E-state index in [1.165, 1.54) is 25.7 Å². The molecule has 3 aromatic rings. The molecule has 11 heteroatoms. The largest absolute Gasteiger partial charge is 0.427 e. The highest BCUT2D eigenvalue weighted by Gasteiger charge is 2.34. The lowest BCUT2D eigenvalue weighted by Crippen LogP contribution is -2.45. The average Bonchev–Trinajstić information content (AvgIpc) is 3.52. The quantitative estimate of drug-likeness (QED) is 0.466. The number of morpholine rings is 1. The third-order valence-corrected chi connectivity index (χ3v) is 8.46. The fourth-order valence-corrected chi connectivity index (χ4v) is 6.21. The second-order valence-corrected chi connectivity index (χ2v) is 11.3. The van der Waals surface area contributed by atoms with E-state index in [-0.39, 0.29) is 12.1 Å². The number of nitrogens with zero attached hydrogens (tertiary/aromatic N) is 5. The van der Waals surface area contributed by atoms with Gasteiger partial charge >= 0.3 is 6.09 Å². The molecule has 0 aromatic carbocycles. The number of anilines is 1. The van der Waals surface area contributed by atoms with Crippen molar-refractivity contribution in [3.8, 4) is 11.3 Å². The van der Waals surface area contributed by atoms with E-state index in [1.54, 1.807) is 12.4 Å². The molecule has 2 unspecified atom stereocenters. The number of aromatic nitrogens is 4. The summed E-state index contributed by atoms with van der Waals surface area (Å²) in [5, 5.41) is 3.29. The van der Waals surface area contributed by atoms with Gasteiger partial charge in [-0.2, -0.15) is 0 Å². The topological polar surface area (TPSA) is 106 Å². The highest BCUT2D eigenvalue weighted by Crippen LogP contribution is 2.42. The van der Waals surface area contributed by atoms with Gasteiger partial charge in [-0.15, -0.1) is 5.48 Å². The van der Waals surface area contributed by atoms with Crippen molar-refractivity contribution < 1.29 is 14.4 Å². The predicted octanol–water partition coefficient (Wildman–Crippen LogP) is 5.00. The lowest BCUT2D eigenvalue weighted by atomic mass is 9.79. The Morgan fingerprint density at radius 2 is 1.95 bits per heavy atom. The van der Waals surface area contributed by atoms with Crippen LogP contribution in [0.5, 0.6) is 0 Å². The first-order valence-corrected chi connectivity index (χ1v) is 13.9. The van der Waals surface area contributed by atoms with Gasteiger partial charge in [-0.3, -0.25) is 10.3 Å². The number of fused-ring (bicyclic) bond motifs is 1. The van der Waals surface area contributed by atoms with Crippen LogP contribution in [-0.2, 0) is 9.57 Å². The van der Waals surface area contributed by atoms with Gasteiger partial charge in [-0.05, 0) is 50.7 Å². The number of halogens is 1. The van der Waals surface area contributed by atoms with Crippen molar-refractivity contribution in [1.29, 1.82) is 0 Å². The van der Waals surface area contributed by atoms with Crippen LogP contribution < -0.4 is 15.7 Å². The van der Waals surface area contributed by atoms with Crippen molar-refractivity contribution in [3.05, 3.63) is 35.2 Å². The Balaban J connectivity index is 1.57. The number of carbonyl (C=O) groups is 1. The molecule has 1 aliphatic carbocycles. The van der Waals surface area contributed by atoms with Crippen molar-refractivity contribution in [3.63, 3.8) is 0 Å². The van der Waals surface area contributed by atoms with E-state index in [0.29, 0.717) is 29.8 Å². The maximum absolute atomic E-state index is 11.8. The number of rotatable bonds is 5. The minimum Gasteiger partial charge on any atom is -0.377 e. The summed E-state index contributed by atoms with van der Waals surface area (Å²) in [6, 6.07) is 4.21. The zero-order valence-corrected chi connectivity index (χ0v) is 22.7. The molecule has 3 aromatic heterocycles. The van der Waals surface area contributed by atoms with Crippen LogP contribution in [0, 0.1) is 11.8 Å². The van der Waals surface area contributed by atoms with Crippen LogP contribution in [0.1, 0.15) is 64.4 Å². The van der Waals surface area contributed by atoms with Crippen LogP contribution in [0.3, 0.4) is 0 Å². The molecule has 2 saturated heterocycles. The third-order valence-electron chi connectivity index (χ3n) is 8.25. The number of pyridine rings is 2. The SMILES string of the molecule is CC1CCC(C(C)n2c(N3CCOC[C@H]3C)nc3cc(C4NOC(=O)N4)nc(-c4cncc(Cl)c4)c32)CC1. The van der Waals surface area contributed by atoms with Crippen LogP contribution in [0.2, 0.25) is 5.02 Å². The normalized spacial score (nSPS) is 26.8. The van der Waals surface area contributed by atoms with Gasteiger partial charge in [0.25, 0.3) is 0 Å². The van der Waals surface area contributed by atoms with E-state index < -0.39 is 12.3 Å². The molecule has 1 saturated carbocycles. The molecule has 6 rings (SSSR count). The molecule has 1 amide bonds. The summed E-state index contributed by atoms with van der Waals surface area (Å²) in [5.41, 5.74) is 6.59. The molecule has 3 atom stereocenters. The number of hydrogen-bond donors (Lipinski definition) is 2. The minimum absolute atomic E-state index is 0.186. The Morgan fingerprint density at radius 3 is 2.66 bits per heavy atom. The fraction of sp³-hybridized carbons (Fsp3) is 0.556. The molecule has 5 heterocycles. The standard InChI is InChI=1S/C27H34ClN7O3/c1-15-4-6-18(7-5-15)17(3)35-24-21(31-26(35)34-8-9-37-14-16(34)2)11-22(25-32-27(36)38-33-25)30-23(24)19-10-20(28)13-29-12-19/h10-13,15-18,25,33H,4-9,14H2,1-3H3,(H,32,36)/t15?,16-,17?,18?,25?/m1/s1. The summed E-state index contributed by atoms with van der Waals surface area (Å²) in [7, 11) is 0. The minimum atomic E-state index is -0.592. The van der Waals surface area contributed by atoms with Gasteiger partial charge in [0.05, 0.1) is 46.7 Å². The number of hydroxylamine groups is 1. The highest BCUT2D eigenvalue weighted by molar-refractivity contribution is 6.30. The summed E-state index contributed by atoms with van der Waals surface area (Å²) in [6.45, 7) is 8.92. The monoisotopic (exact) mass is 539 g/mol. The lowest BCUT2D eigenvalue weighted by Gasteiger charge is -2.38. The molecule has 2 aliphatic heterocycles. The van der Waals surface area contributed by atoms with Crippen LogP contribution in [0.4, 0.5) is 10.7 Å². The summed E-state index contributed by atoms with van der Waals surface area (Å²) < 4.78 is 8.15. The molecular weight excluding hydrogens is 506 g/mol. The smallest absolute Gasteiger partial charge is 0.377 e. The van der Waals surface area contributed by atoms with Gasteiger partial charge in [-0.1, -0.05) is 31.4 Å². The molecule has 0 bridgehead atoms. The Hall–Kier alpha value is -2.95. The molecule has 3 fully saturated rings. The molecular formula is C27H34ClN7O3. The van der Waals surface area contributed by atoms with Crippen LogP contribution in [-0.4, -0.2) is 51.4 Å². The van der Waals surface area contributed by atoms with E-state index in [2.05, 4.69) is 46.0 Å². The van der Waals surface area contributed by atoms with Crippen molar-refractivity contribution in [2.75, 3.05) is 24.7 Å². The van der Waals surface area contributed by atoms with E-state index in [9.17, 15) is 4.79 Å². The van der Waals surface area contributed by atoms with Crippen LogP contribution in [0.15, 0.2) is 24.5 Å². The zero-order chi connectivity index (χ0) is 26.4. The number of amides is 1. The highest BCUT2D eigenvalue weighted by atomic mass is 35.5. The van der Waals surface area contributed by atoms with E-state index in [4.69, 9.17) is 31.1 Å². The Bertz CT molecular complexity index is 1340. The fourth-order valence-electron chi connectivity index (χ4n) is 6.03. The van der Waals surface area contributed by atoms with Crippen molar-refractivity contribution in [2.24, 2.45) is 11.8 Å². The second kappa shape index (κ2) is 10.3. The predicted molar refractivity (Wildman–Crippen MR) is 145 cm³/mol. The van der Waals surface area contributed by atoms with Gasteiger partial charge in [-0.25, -0.2) is 14.8 Å². The van der Waals surface area contributed by atoms with E-state index in [1.807, 2.05) is 12.1 Å². The first-order chi connectivity index (χ1) is 18.4. The molecule has 3 aliphatic rings. The van der Waals surface area contributed by atoms with E-state index in [0.717, 1.165) is 40.7 Å². The van der Waals surface area contributed by atoms with Gasteiger partial charge in [0.1, 0.15) is 0 Å². The van der Waals surface area contributed by atoms with Crippen LogP contribution in [0.25, 0.3) is 22.3 Å². The third kappa shape index (κ3) is 4.69. The number of hydrogen-bond acceptors (Lipinski definition) is 8. The maximum Gasteiger partial charge on any atom is 0.427 e. The van der Waals surface area contributed by atoms with Crippen molar-refractivity contribution >= 4 is 34.7 Å². The molecule has 0 spiro atoms. The number of imidazole rings is 1. The van der Waals surface area contributed by atoms with Gasteiger partial charge < -0.3 is 19.0 Å². The molecule has 10 nitrogen and oxygen atoms in total. The molecule has 0 radical (unpaired) electrons. The zero-order valence-electron chi connectivity index (χ0n) is 22.0. The average molecular weight is 540 g/mol. The lowest BCUT2D eigenvalue weighted by molar-refractivity contribution is 0.0972. The first kappa shape index (κ1) is 25.3. The second-order valence-electron chi connectivity index (χ2n) is 10.9. The van der Waals surface area contributed by atoms with Crippen LogP contribution >= 0.6 is 11.6 Å². The first-order valence-electron chi connectivity index (χ1n) is 13.5. The van der Waals surface area contributed by atoms with Crippen molar-refractivity contribution in [2.45, 2.75) is 64.7 Å². The van der Waals surface area contributed by atoms with Gasteiger partial charge in [0, 0.05) is 30.5 Å². The molecule has 2 N–H and O–H groups in total. The Labute approximate surface area is 227 Å². The maximum atomic E-state index is 11.8. The number of ether oxygens (including phenoxy) is 1. The number of nitrogens with one attached hydrogen (secondary N) is 2. The Morgan fingerprint density at radius 1 is 1.13 bits per heavy atom. The molecule has 38 heavy (non-hydrogen) atoms. The van der Waals surface area contributed by atoms with E-state index >= 15 is 0 Å². The summed E-state index contributed by atoms with van der Waals surface area (Å²) in [5.74, 6) is 2.23.